The van der Waals surface area contributed by atoms with Gasteiger partial charge in [0.05, 0.1) is 6.26 Å². The van der Waals surface area contributed by atoms with E-state index < -0.39 is 0 Å². The summed E-state index contributed by atoms with van der Waals surface area (Å²) in [5, 5.41) is 2.63. The van der Waals surface area contributed by atoms with Crippen LogP contribution in [0.1, 0.15) is 49.0 Å². The van der Waals surface area contributed by atoms with E-state index in [9.17, 15) is 4.79 Å². The minimum atomic E-state index is 0.0461. The van der Waals surface area contributed by atoms with Crippen molar-refractivity contribution >= 4 is 17.2 Å². The van der Waals surface area contributed by atoms with Gasteiger partial charge in [-0.25, -0.2) is 4.98 Å². The molecule has 2 aromatic heterocycles. The fourth-order valence-electron chi connectivity index (χ4n) is 6.14. The molecule has 0 spiro atoms. The molecule has 25 heavy (non-hydrogen) atoms. The second kappa shape index (κ2) is 5.70. The highest BCUT2D eigenvalue weighted by atomic mass is 32.1. The van der Waals surface area contributed by atoms with E-state index in [1.165, 1.54) is 49.9 Å². The molecule has 4 aliphatic rings. The van der Waals surface area contributed by atoms with Gasteiger partial charge < -0.3 is 9.32 Å². The van der Waals surface area contributed by atoms with Gasteiger partial charge in [0.15, 0.2) is 10.8 Å². The van der Waals surface area contributed by atoms with Crippen molar-refractivity contribution < 1.29 is 9.21 Å². The monoisotopic (exact) mass is 356 g/mol. The second-order valence-electron chi connectivity index (χ2n) is 8.59. The Balaban J connectivity index is 1.31. The summed E-state index contributed by atoms with van der Waals surface area (Å²) in [7, 11) is 1.95. The Bertz CT molecular complexity index is 744. The molecule has 132 valence electrons. The molecule has 0 radical (unpaired) electrons. The van der Waals surface area contributed by atoms with Gasteiger partial charge in [-0.2, -0.15) is 0 Å². The first-order chi connectivity index (χ1) is 12.1. The zero-order valence-corrected chi connectivity index (χ0v) is 15.4. The number of amides is 1. The number of rotatable bonds is 4. The largest absolute Gasteiger partial charge is 0.462 e. The standard InChI is InChI=1S/C20H24N2O2S/c1-22(12-20-8-13-5-14(9-20)7-15(6-13)10-20)19(23)16-11-25-18(21-16)17-3-2-4-24-17/h2-4,11,13-15H,5-10,12H2,1H3. The number of aromatic nitrogens is 1. The summed E-state index contributed by atoms with van der Waals surface area (Å²) in [6.07, 6.45) is 9.93. The molecule has 0 unspecified atom stereocenters. The molecule has 0 saturated heterocycles. The molecule has 4 saturated carbocycles. The van der Waals surface area contributed by atoms with E-state index in [4.69, 9.17) is 4.42 Å². The zero-order valence-electron chi connectivity index (χ0n) is 14.6. The topological polar surface area (TPSA) is 46.3 Å². The number of carbonyl (C=O) groups excluding carboxylic acids is 1. The van der Waals surface area contributed by atoms with Gasteiger partial charge in [0.25, 0.3) is 5.91 Å². The lowest BCUT2D eigenvalue weighted by Crippen LogP contribution is -2.51. The highest BCUT2D eigenvalue weighted by Gasteiger charge is 2.51. The van der Waals surface area contributed by atoms with Gasteiger partial charge in [-0.3, -0.25) is 4.79 Å². The Morgan fingerprint density at radius 1 is 1.28 bits per heavy atom. The number of nitrogens with zero attached hydrogens (tertiary/aromatic N) is 2. The van der Waals surface area contributed by atoms with Crippen LogP contribution in [0.15, 0.2) is 28.2 Å². The lowest BCUT2D eigenvalue weighted by atomic mass is 9.49. The van der Waals surface area contributed by atoms with Crippen molar-refractivity contribution in [2.45, 2.75) is 38.5 Å². The summed E-state index contributed by atoms with van der Waals surface area (Å²) in [5.41, 5.74) is 0.919. The third-order valence-electron chi connectivity index (χ3n) is 6.54. The van der Waals surface area contributed by atoms with E-state index >= 15 is 0 Å². The summed E-state index contributed by atoms with van der Waals surface area (Å²) in [6.45, 7) is 0.892. The van der Waals surface area contributed by atoms with E-state index in [1.807, 2.05) is 29.5 Å². The molecule has 4 aliphatic carbocycles. The Hall–Kier alpha value is -1.62. The molecule has 6 rings (SSSR count). The van der Waals surface area contributed by atoms with Crippen LogP contribution in [0.2, 0.25) is 0 Å². The summed E-state index contributed by atoms with van der Waals surface area (Å²) in [6, 6.07) is 3.73. The number of thiazole rings is 1. The van der Waals surface area contributed by atoms with Crippen LogP contribution in [-0.2, 0) is 0 Å². The van der Waals surface area contributed by atoms with Crippen LogP contribution in [0.4, 0.5) is 0 Å². The molecule has 0 aliphatic heterocycles. The van der Waals surface area contributed by atoms with Gasteiger partial charge in [-0.15, -0.1) is 11.3 Å². The number of hydrogen-bond acceptors (Lipinski definition) is 4. The number of hydrogen-bond donors (Lipinski definition) is 0. The SMILES string of the molecule is CN(CC12CC3CC(CC(C3)C1)C2)C(=O)c1csc(-c2ccco2)n1. The summed E-state index contributed by atoms with van der Waals surface area (Å²) >= 11 is 1.47. The maximum atomic E-state index is 12.9. The lowest BCUT2D eigenvalue weighted by molar-refractivity contribution is -0.0629. The van der Waals surface area contributed by atoms with Crippen molar-refractivity contribution in [2.75, 3.05) is 13.6 Å². The normalized spacial score (nSPS) is 32.9. The van der Waals surface area contributed by atoms with E-state index in [0.717, 1.165) is 35.1 Å². The van der Waals surface area contributed by atoms with Crippen molar-refractivity contribution in [3.63, 3.8) is 0 Å². The van der Waals surface area contributed by atoms with Crippen LogP contribution in [-0.4, -0.2) is 29.4 Å². The van der Waals surface area contributed by atoms with Gasteiger partial charge in [0.1, 0.15) is 5.69 Å². The lowest BCUT2D eigenvalue weighted by Gasteiger charge is -2.57. The maximum Gasteiger partial charge on any atom is 0.273 e. The molecular weight excluding hydrogens is 332 g/mol. The summed E-state index contributed by atoms with van der Waals surface area (Å²) < 4.78 is 5.39. The summed E-state index contributed by atoms with van der Waals surface area (Å²) in [4.78, 5) is 19.3. The molecule has 4 fully saturated rings. The summed E-state index contributed by atoms with van der Waals surface area (Å²) in [5.74, 6) is 3.52. The molecule has 0 aromatic carbocycles. The van der Waals surface area contributed by atoms with Gasteiger partial charge in [-0.05, 0) is 73.8 Å². The average molecular weight is 356 g/mol. The van der Waals surface area contributed by atoms with Gasteiger partial charge in [-0.1, -0.05) is 0 Å². The Labute approximate surface area is 152 Å². The van der Waals surface area contributed by atoms with Crippen LogP contribution in [0, 0.1) is 23.2 Å². The van der Waals surface area contributed by atoms with Crippen LogP contribution in [0.25, 0.3) is 10.8 Å². The highest BCUT2D eigenvalue weighted by molar-refractivity contribution is 7.13. The van der Waals surface area contributed by atoms with Crippen molar-refractivity contribution in [3.8, 4) is 10.8 Å². The quantitative estimate of drug-likeness (QED) is 0.798. The van der Waals surface area contributed by atoms with Gasteiger partial charge in [0.2, 0.25) is 0 Å². The van der Waals surface area contributed by atoms with Gasteiger partial charge >= 0.3 is 0 Å². The Kier molecular flexibility index (Phi) is 3.56. The van der Waals surface area contributed by atoms with Crippen LogP contribution in [0.3, 0.4) is 0 Å². The first kappa shape index (κ1) is 15.6. The molecule has 2 heterocycles. The van der Waals surface area contributed by atoms with Crippen LogP contribution >= 0.6 is 11.3 Å². The van der Waals surface area contributed by atoms with E-state index in [0.29, 0.717) is 11.1 Å². The molecule has 4 nitrogen and oxygen atoms in total. The molecule has 2 aromatic rings. The van der Waals surface area contributed by atoms with Crippen LogP contribution < -0.4 is 0 Å². The zero-order chi connectivity index (χ0) is 17.0. The minimum Gasteiger partial charge on any atom is -0.462 e. The van der Waals surface area contributed by atoms with Crippen molar-refractivity contribution in [1.82, 2.24) is 9.88 Å². The minimum absolute atomic E-state index is 0.0461. The molecule has 5 heteroatoms. The molecule has 0 atom stereocenters. The van der Waals surface area contributed by atoms with Crippen molar-refractivity contribution in [2.24, 2.45) is 23.2 Å². The highest BCUT2D eigenvalue weighted by Crippen LogP contribution is 2.60. The molecular formula is C20H24N2O2S. The van der Waals surface area contributed by atoms with E-state index in [-0.39, 0.29) is 5.91 Å². The fraction of sp³-hybridized carbons (Fsp3) is 0.600. The first-order valence-electron chi connectivity index (χ1n) is 9.35. The van der Waals surface area contributed by atoms with E-state index in [2.05, 4.69) is 4.98 Å². The second-order valence-corrected chi connectivity index (χ2v) is 9.45. The van der Waals surface area contributed by atoms with Gasteiger partial charge in [0, 0.05) is 19.0 Å². The Morgan fingerprint density at radius 2 is 1.96 bits per heavy atom. The van der Waals surface area contributed by atoms with E-state index in [1.54, 1.807) is 6.26 Å². The predicted molar refractivity (Wildman–Crippen MR) is 97.4 cm³/mol. The fourth-order valence-corrected chi connectivity index (χ4v) is 6.90. The number of furan rings is 1. The average Bonchev–Trinajstić information content (AvgIpc) is 3.23. The molecule has 4 bridgehead atoms. The smallest absolute Gasteiger partial charge is 0.273 e. The third-order valence-corrected chi connectivity index (χ3v) is 7.40. The molecule has 1 amide bonds. The van der Waals surface area contributed by atoms with Crippen molar-refractivity contribution in [1.29, 1.82) is 0 Å². The van der Waals surface area contributed by atoms with Crippen molar-refractivity contribution in [3.05, 3.63) is 29.5 Å². The third kappa shape index (κ3) is 2.73. The molecule has 0 N–H and O–H groups in total. The van der Waals surface area contributed by atoms with Crippen LogP contribution in [0.5, 0.6) is 0 Å². The predicted octanol–water partition coefficient (Wildman–Crippen LogP) is 4.69. The first-order valence-corrected chi connectivity index (χ1v) is 10.2. The number of carbonyl (C=O) groups is 1. The Morgan fingerprint density at radius 3 is 2.56 bits per heavy atom. The maximum absolute atomic E-state index is 12.9.